The van der Waals surface area contributed by atoms with Gasteiger partial charge in [0.1, 0.15) is 5.54 Å². The summed E-state index contributed by atoms with van der Waals surface area (Å²) in [5.41, 5.74) is 4.79. The van der Waals surface area contributed by atoms with Crippen LogP contribution in [0.25, 0.3) is 0 Å². The van der Waals surface area contributed by atoms with Crippen molar-refractivity contribution in [2.75, 3.05) is 6.61 Å². The Kier molecular flexibility index (Phi) is 3.96. The lowest BCUT2D eigenvalue weighted by Crippen LogP contribution is -2.50. The van der Waals surface area contributed by atoms with Crippen molar-refractivity contribution < 1.29 is 9.53 Å². The van der Waals surface area contributed by atoms with Gasteiger partial charge in [-0.15, -0.1) is 6.58 Å². The highest BCUT2D eigenvalue weighted by Crippen LogP contribution is 2.16. The summed E-state index contributed by atoms with van der Waals surface area (Å²) in [6, 6.07) is 0. The van der Waals surface area contributed by atoms with Gasteiger partial charge in [-0.2, -0.15) is 0 Å². The average Bonchev–Trinajstić information content (AvgIpc) is 2.03. The average molecular weight is 171 g/mol. The number of ether oxygens (including phenoxy) is 1. The lowest BCUT2D eigenvalue weighted by molar-refractivity contribution is -0.150. The van der Waals surface area contributed by atoms with Crippen molar-refractivity contribution in [3.8, 4) is 0 Å². The van der Waals surface area contributed by atoms with E-state index in [2.05, 4.69) is 6.58 Å². The minimum Gasteiger partial charge on any atom is -0.465 e. The van der Waals surface area contributed by atoms with Crippen LogP contribution in [0.5, 0.6) is 0 Å². The van der Waals surface area contributed by atoms with Gasteiger partial charge in [0.25, 0.3) is 0 Å². The maximum Gasteiger partial charge on any atom is 0.326 e. The molecular weight excluding hydrogens is 154 g/mol. The van der Waals surface area contributed by atoms with Crippen LogP contribution in [-0.2, 0) is 9.53 Å². The zero-order chi connectivity index (χ0) is 9.78. The van der Waals surface area contributed by atoms with Crippen LogP contribution in [0, 0.1) is 5.92 Å². The number of nitrogens with two attached hydrogens (primary N) is 1. The van der Waals surface area contributed by atoms with Gasteiger partial charge >= 0.3 is 5.97 Å². The van der Waals surface area contributed by atoms with Gasteiger partial charge in [0.05, 0.1) is 6.61 Å². The fourth-order valence-electron chi connectivity index (χ4n) is 0.717. The van der Waals surface area contributed by atoms with Crippen molar-refractivity contribution in [2.24, 2.45) is 11.7 Å². The third kappa shape index (κ3) is 2.34. The van der Waals surface area contributed by atoms with E-state index in [1.54, 1.807) is 19.9 Å². The maximum atomic E-state index is 11.3. The Hall–Kier alpha value is -0.830. The quantitative estimate of drug-likeness (QED) is 0.509. The molecule has 0 aromatic rings. The Balaban J connectivity index is 4.37. The summed E-state index contributed by atoms with van der Waals surface area (Å²) in [5, 5.41) is 0. The summed E-state index contributed by atoms with van der Waals surface area (Å²) in [5.74, 6) is -0.464. The zero-order valence-corrected chi connectivity index (χ0v) is 7.96. The third-order valence-corrected chi connectivity index (χ3v) is 2.01. The van der Waals surface area contributed by atoms with Crippen LogP contribution in [0.3, 0.4) is 0 Å². The molecule has 70 valence electrons. The Morgan fingerprint density at radius 3 is 2.67 bits per heavy atom. The molecule has 2 N–H and O–H groups in total. The van der Waals surface area contributed by atoms with E-state index < -0.39 is 5.54 Å². The smallest absolute Gasteiger partial charge is 0.326 e. The molecule has 0 radical (unpaired) electrons. The number of rotatable bonds is 4. The number of hydrogen-bond donors (Lipinski definition) is 1. The van der Waals surface area contributed by atoms with Gasteiger partial charge in [0.15, 0.2) is 0 Å². The van der Waals surface area contributed by atoms with Crippen molar-refractivity contribution in [3.63, 3.8) is 0 Å². The number of hydrogen-bond acceptors (Lipinski definition) is 3. The van der Waals surface area contributed by atoms with Crippen molar-refractivity contribution in [1.29, 1.82) is 0 Å². The van der Waals surface area contributed by atoms with E-state index in [4.69, 9.17) is 10.5 Å². The number of carbonyl (C=O) groups is 1. The molecule has 0 rings (SSSR count). The van der Waals surface area contributed by atoms with E-state index in [1.807, 2.05) is 6.92 Å². The molecular formula is C9H17NO2. The Morgan fingerprint density at radius 1 is 1.83 bits per heavy atom. The standard InChI is InChI=1S/C9H17NO2/c1-5-7(3)9(4,10)8(11)12-6-2/h5,7H,1,6,10H2,2-4H3/t7-,9-/m0/s1. The minimum atomic E-state index is -0.961. The van der Waals surface area contributed by atoms with Crippen LogP contribution in [0.15, 0.2) is 12.7 Å². The third-order valence-electron chi connectivity index (χ3n) is 2.01. The predicted octanol–water partition coefficient (Wildman–Crippen LogP) is 1.09. The minimum absolute atomic E-state index is 0.0865. The molecule has 0 bridgehead atoms. The molecule has 0 aromatic heterocycles. The number of esters is 1. The fourth-order valence-corrected chi connectivity index (χ4v) is 0.717. The molecule has 3 heteroatoms. The van der Waals surface area contributed by atoms with E-state index in [0.717, 1.165) is 0 Å². The van der Waals surface area contributed by atoms with Crippen molar-refractivity contribution in [3.05, 3.63) is 12.7 Å². The van der Waals surface area contributed by atoms with E-state index in [-0.39, 0.29) is 11.9 Å². The molecule has 0 saturated carbocycles. The van der Waals surface area contributed by atoms with Crippen LogP contribution in [0.4, 0.5) is 0 Å². The Labute approximate surface area is 73.6 Å². The molecule has 0 spiro atoms. The molecule has 0 amide bonds. The first kappa shape index (κ1) is 11.2. The first-order valence-corrected chi connectivity index (χ1v) is 4.05. The van der Waals surface area contributed by atoms with Gasteiger partial charge < -0.3 is 10.5 Å². The van der Waals surface area contributed by atoms with Crippen LogP contribution < -0.4 is 5.73 Å². The van der Waals surface area contributed by atoms with Crippen LogP contribution in [0.1, 0.15) is 20.8 Å². The summed E-state index contributed by atoms with van der Waals surface area (Å²) in [4.78, 5) is 11.3. The highest BCUT2D eigenvalue weighted by molar-refractivity contribution is 5.80. The molecule has 0 fully saturated rings. The summed E-state index contributed by atoms with van der Waals surface area (Å²) < 4.78 is 4.82. The highest BCUT2D eigenvalue weighted by atomic mass is 16.5. The Morgan fingerprint density at radius 2 is 2.33 bits per heavy atom. The molecule has 0 heterocycles. The van der Waals surface area contributed by atoms with Gasteiger partial charge in [-0.1, -0.05) is 13.0 Å². The first-order valence-electron chi connectivity index (χ1n) is 4.05. The fraction of sp³-hybridized carbons (Fsp3) is 0.667. The second-order valence-corrected chi connectivity index (χ2v) is 3.03. The second-order valence-electron chi connectivity index (χ2n) is 3.03. The zero-order valence-electron chi connectivity index (χ0n) is 7.96. The topological polar surface area (TPSA) is 52.3 Å². The molecule has 0 unspecified atom stereocenters. The second kappa shape index (κ2) is 4.26. The maximum absolute atomic E-state index is 11.3. The predicted molar refractivity (Wildman–Crippen MR) is 48.6 cm³/mol. The molecule has 3 nitrogen and oxygen atoms in total. The Bertz CT molecular complexity index is 175. The van der Waals surface area contributed by atoms with Gasteiger partial charge in [0, 0.05) is 5.92 Å². The van der Waals surface area contributed by atoms with Crippen LogP contribution >= 0.6 is 0 Å². The van der Waals surface area contributed by atoms with E-state index >= 15 is 0 Å². The molecule has 0 aromatic carbocycles. The van der Waals surface area contributed by atoms with Gasteiger partial charge in [-0.3, -0.25) is 4.79 Å². The molecule has 0 aliphatic carbocycles. The monoisotopic (exact) mass is 171 g/mol. The largest absolute Gasteiger partial charge is 0.465 e. The molecule has 0 saturated heterocycles. The first-order chi connectivity index (χ1) is 5.46. The van der Waals surface area contributed by atoms with Gasteiger partial charge in [-0.25, -0.2) is 0 Å². The number of carbonyl (C=O) groups excluding carboxylic acids is 1. The molecule has 2 atom stereocenters. The van der Waals surface area contributed by atoms with Crippen LogP contribution in [0.2, 0.25) is 0 Å². The summed E-state index contributed by atoms with van der Waals surface area (Å²) >= 11 is 0. The lowest BCUT2D eigenvalue weighted by Gasteiger charge is -2.26. The normalized spacial score (nSPS) is 17.7. The van der Waals surface area contributed by atoms with Gasteiger partial charge in [-0.05, 0) is 13.8 Å². The summed E-state index contributed by atoms with van der Waals surface area (Å²) in [6.45, 7) is 9.18. The summed E-state index contributed by atoms with van der Waals surface area (Å²) in [7, 11) is 0. The van der Waals surface area contributed by atoms with E-state index in [0.29, 0.717) is 6.61 Å². The van der Waals surface area contributed by atoms with Crippen molar-refractivity contribution >= 4 is 5.97 Å². The molecule has 12 heavy (non-hydrogen) atoms. The van der Waals surface area contributed by atoms with E-state index in [9.17, 15) is 4.79 Å². The summed E-state index contributed by atoms with van der Waals surface area (Å²) in [6.07, 6.45) is 1.65. The van der Waals surface area contributed by atoms with Gasteiger partial charge in [0.2, 0.25) is 0 Å². The van der Waals surface area contributed by atoms with Crippen molar-refractivity contribution in [1.82, 2.24) is 0 Å². The van der Waals surface area contributed by atoms with Crippen molar-refractivity contribution in [2.45, 2.75) is 26.3 Å². The van der Waals surface area contributed by atoms with E-state index in [1.165, 1.54) is 0 Å². The van der Waals surface area contributed by atoms with Crippen LogP contribution in [-0.4, -0.2) is 18.1 Å². The molecule has 0 aliphatic rings. The highest BCUT2D eigenvalue weighted by Gasteiger charge is 2.34. The SMILES string of the molecule is C=C[C@H](C)[C@](C)(N)C(=O)OCC. The molecule has 0 aliphatic heterocycles. The lowest BCUT2D eigenvalue weighted by atomic mass is 9.88.